The number of benzene rings is 2. The maximum absolute atomic E-state index is 13.6. The molecule has 0 spiro atoms. The summed E-state index contributed by atoms with van der Waals surface area (Å²) in [5.41, 5.74) is -0.313. The molecule has 2 aromatic rings. The molecule has 1 fully saturated rings. The van der Waals surface area contributed by atoms with Gasteiger partial charge in [-0.05, 0) is 58.5 Å². The van der Waals surface area contributed by atoms with Crippen molar-refractivity contribution < 1.29 is 34.1 Å². The Hall–Kier alpha value is -3.07. The number of ketones is 2. The molecule has 2 N–H and O–H groups in total. The SMILES string of the molecule is CC1OC(c2ccc3c(c2O)C(=O)c2ccc4c(c2C3=O)OC(=O)CC(C)(O)C4)CCC1N(C)C. The Bertz CT molecular complexity index is 1260. The largest absolute Gasteiger partial charge is 0.507 e. The number of rotatable bonds is 2. The highest BCUT2D eigenvalue weighted by atomic mass is 16.5. The van der Waals surface area contributed by atoms with Crippen molar-refractivity contribution in [3.05, 3.63) is 57.6 Å². The molecule has 4 unspecified atom stereocenters. The van der Waals surface area contributed by atoms with Crippen LogP contribution in [-0.4, -0.2) is 64.5 Å². The number of nitrogens with zero attached hydrogens (tertiary/aromatic N) is 1. The molecule has 3 aliphatic rings. The number of hydrogen-bond donors (Lipinski definition) is 2. The zero-order valence-electron chi connectivity index (χ0n) is 20.3. The average molecular weight is 480 g/mol. The Morgan fingerprint density at radius 2 is 1.63 bits per heavy atom. The van der Waals surface area contributed by atoms with Gasteiger partial charge in [-0.1, -0.05) is 12.1 Å². The first-order valence-corrected chi connectivity index (χ1v) is 11.8. The van der Waals surface area contributed by atoms with E-state index in [1.165, 1.54) is 19.1 Å². The zero-order chi connectivity index (χ0) is 25.2. The molecule has 2 aliphatic heterocycles. The normalized spacial score (nSPS) is 28.2. The summed E-state index contributed by atoms with van der Waals surface area (Å²) in [6, 6.07) is 6.51. The van der Waals surface area contributed by atoms with Crippen molar-refractivity contribution >= 4 is 17.5 Å². The number of aromatic hydroxyl groups is 1. The van der Waals surface area contributed by atoms with E-state index in [9.17, 15) is 24.6 Å². The molecule has 5 rings (SSSR count). The van der Waals surface area contributed by atoms with Crippen LogP contribution < -0.4 is 4.74 Å². The van der Waals surface area contributed by atoms with E-state index < -0.39 is 29.2 Å². The van der Waals surface area contributed by atoms with Crippen molar-refractivity contribution in [1.82, 2.24) is 4.90 Å². The van der Waals surface area contributed by atoms with Crippen molar-refractivity contribution in [2.45, 2.75) is 63.4 Å². The van der Waals surface area contributed by atoms with Crippen LogP contribution in [0.1, 0.15) is 82.2 Å². The molecule has 0 radical (unpaired) electrons. The average Bonchev–Trinajstić information content (AvgIpc) is 2.89. The van der Waals surface area contributed by atoms with Crippen LogP contribution in [0.15, 0.2) is 24.3 Å². The van der Waals surface area contributed by atoms with Gasteiger partial charge in [-0.25, -0.2) is 0 Å². The topological polar surface area (TPSA) is 113 Å². The van der Waals surface area contributed by atoms with Crippen molar-refractivity contribution in [3.63, 3.8) is 0 Å². The van der Waals surface area contributed by atoms with Crippen LogP contribution in [0.3, 0.4) is 0 Å². The molecule has 4 atom stereocenters. The summed E-state index contributed by atoms with van der Waals surface area (Å²) < 4.78 is 11.6. The minimum Gasteiger partial charge on any atom is -0.507 e. The maximum Gasteiger partial charge on any atom is 0.314 e. The van der Waals surface area contributed by atoms with Gasteiger partial charge in [-0.15, -0.1) is 0 Å². The summed E-state index contributed by atoms with van der Waals surface area (Å²) in [7, 11) is 4.00. The summed E-state index contributed by atoms with van der Waals surface area (Å²) in [6.07, 6.45) is 0.943. The van der Waals surface area contributed by atoms with Crippen LogP contribution in [-0.2, 0) is 16.0 Å². The molecule has 0 aromatic heterocycles. The van der Waals surface area contributed by atoms with Gasteiger partial charge in [0.1, 0.15) is 11.5 Å². The Kier molecular flexibility index (Phi) is 5.58. The predicted molar refractivity (Wildman–Crippen MR) is 126 cm³/mol. The lowest BCUT2D eigenvalue weighted by Crippen LogP contribution is -2.43. The third-order valence-corrected chi connectivity index (χ3v) is 7.36. The van der Waals surface area contributed by atoms with Gasteiger partial charge >= 0.3 is 5.97 Å². The molecular formula is C27H29NO7. The van der Waals surface area contributed by atoms with Gasteiger partial charge in [0.15, 0.2) is 11.6 Å². The molecule has 2 aromatic carbocycles. The fourth-order valence-corrected chi connectivity index (χ4v) is 5.67. The number of carbonyl (C=O) groups is 3. The lowest BCUT2D eigenvalue weighted by molar-refractivity contribution is -0.138. The lowest BCUT2D eigenvalue weighted by Gasteiger charge is -2.38. The fraction of sp³-hybridized carbons (Fsp3) is 0.444. The molecule has 1 saturated heterocycles. The van der Waals surface area contributed by atoms with E-state index >= 15 is 0 Å². The number of carbonyl (C=O) groups excluding carboxylic acids is 3. The number of phenolic OH excluding ortho intramolecular Hbond substituents is 1. The second-order valence-electron chi connectivity index (χ2n) is 10.3. The van der Waals surface area contributed by atoms with E-state index in [-0.39, 0.29) is 58.7 Å². The van der Waals surface area contributed by atoms with Crippen molar-refractivity contribution in [3.8, 4) is 11.5 Å². The van der Waals surface area contributed by atoms with Gasteiger partial charge in [0.05, 0.1) is 35.4 Å². The Labute approximate surface area is 203 Å². The van der Waals surface area contributed by atoms with E-state index in [0.717, 1.165) is 6.42 Å². The standard InChI is InChI=1S/C27H29NO7/c1-13-18(28(3)4)9-10-19(34-13)15-7-8-16-21(23(15)30)24(31)17-6-5-14-11-27(2,33)12-20(29)35-26(14)22(17)25(16)32/h5-8,13,18-19,30,33H,9-12H2,1-4H3. The summed E-state index contributed by atoms with van der Waals surface area (Å²) in [5, 5.41) is 21.7. The third-order valence-electron chi connectivity index (χ3n) is 7.36. The molecule has 184 valence electrons. The van der Waals surface area contributed by atoms with Crippen molar-refractivity contribution in [2.75, 3.05) is 14.1 Å². The van der Waals surface area contributed by atoms with Crippen LogP contribution in [0.4, 0.5) is 0 Å². The number of aliphatic hydroxyl groups is 1. The van der Waals surface area contributed by atoms with Crippen molar-refractivity contribution in [1.29, 1.82) is 0 Å². The fourth-order valence-electron chi connectivity index (χ4n) is 5.67. The van der Waals surface area contributed by atoms with Crippen LogP contribution in [0, 0.1) is 0 Å². The summed E-state index contributed by atoms with van der Waals surface area (Å²) >= 11 is 0. The molecule has 2 heterocycles. The van der Waals surface area contributed by atoms with Crippen LogP contribution >= 0.6 is 0 Å². The van der Waals surface area contributed by atoms with Gasteiger partial charge < -0.3 is 24.6 Å². The second kappa shape index (κ2) is 8.26. The highest BCUT2D eigenvalue weighted by Gasteiger charge is 2.41. The first-order valence-electron chi connectivity index (χ1n) is 11.8. The number of phenols is 1. The van der Waals surface area contributed by atoms with E-state index in [0.29, 0.717) is 17.5 Å². The number of likely N-dealkylation sites (N-methyl/N-ethyl adjacent to an activating group) is 1. The lowest BCUT2D eigenvalue weighted by atomic mass is 9.79. The molecule has 35 heavy (non-hydrogen) atoms. The summed E-state index contributed by atoms with van der Waals surface area (Å²) in [6.45, 7) is 3.52. The second-order valence-corrected chi connectivity index (χ2v) is 10.3. The van der Waals surface area contributed by atoms with E-state index in [4.69, 9.17) is 9.47 Å². The molecule has 8 nitrogen and oxygen atoms in total. The third kappa shape index (κ3) is 3.86. The first kappa shape index (κ1) is 23.7. The Morgan fingerprint density at radius 3 is 2.31 bits per heavy atom. The smallest absolute Gasteiger partial charge is 0.314 e. The van der Waals surface area contributed by atoms with Gasteiger partial charge in [0.25, 0.3) is 0 Å². The Morgan fingerprint density at radius 1 is 0.971 bits per heavy atom. The number of esters is 1. The van der Waals surface area contributed by atoms with E-state index in [2.05, 4.69) is 4.90 Å². The molecular weight excluding hydrogens is 450 g/mol. The van der Waals surface area contributed by atoms with Crippen molar-refractivity contribution in [2.24, 2.45) is 0 Å². The quantitative estimate of drug-likeness (QED) is 0.426. The minimum absolute atomic E-state index is 0.00503. The van der Waals surface area contributed by atoms with Gasteiger partial charge in [0, 0.05) is 29.2 Å². The van der Waals surface area contributed by atoms with Gasteiger partial charge in [-0.3, -0.25) is 14.4 Å². The van der Waals surface area contributed by atoms with Crippen LogP contribution in [0.2, 0.25) is 0 Å². The monoisotopic (exact) mass is 479 g/mol. The highest BCUT2D eigenvalue weighted by Crippen LogP contribution is 2.44. The Balaban J connectivity index is 1.56. The predicted octanol–water partition coefficient (Wildman–Crippen LogP) is 2.94. The molecule has 0 saturated carbocycles. The molecule has 0 amide bonds. The molecule has 1 aliphatic carbocycles. The first-order chi connectivity index (χ1) is 16.5. The summed E-state index contributed by atoms with van der Waals surface area (Å²) in [4.78, 5) is 41.5. The maximum atomic E-state index is 13.6. The number of ether oxygens (including phenoxy) is 2. The van der Waals surface area contributed by atoms with Crippen LogP contribution in [0.5, 0.6) is 11.5 Å². The van der Waals surface area contributed by atoms with E-state index in [1.54, 1.807) is 12.1 Å². The molecule has 8 heteroatoms. The van der Waals surface area contributed by atoms with Gasteiger partial charge in [0.2, 0.25) is 0 Å². The highest BCUT2D eigenvalue weighted by molar-refractivity contribution is 6.30. The minimum atomic E-state index is -1.33. The van der Waals surface area contributed by atoms with Gasteiger partial charge in [-0.2, -0.15) is 0 Å². The van der Waals surface area contributed by atoms with E-state index in [1.807, 2.05) is 21.0 Å². The molecule has 0 bridgehead atoms. The zero-order valence-corrected chi connectivity index (χ0v) is 20.3. The number of fused-ring (bicyclic) bond motifs is 4. The summed E-state index contributed by atoms with van der Waals surface area (Å²) in [5.74, 6) is -1.93. The van der Waals surface area contributed by atoms with Crippen LogP contribution in [0.25, 0.3) is 0 Å². The number of hydrogen-bond acceptors (Lipinski definition) is 8.